The van der Waals surface area contributed by atoms with E-state index < -0.39 is 0 Å². The Hall–Kier alpha value is -0.120. The topological polar surface area (TPSA) is 23.5 Å². The van der Waals surface area contributed by atoms with Crippen molar-refractivity contribution in [2.24, 2.45) is 0 Å². The molecule has 3 heteroatoms. The summed E-state index contributed by atoms with van der Waals surface area (Å²) in [5, 5.41) is 9.47. The lowest BCUT2D eigenvalue weighted by Crippen LogP contribution is -2.69. The van der Waals surface area contributed by atoms with Gasteiger partial charge in [-0.15, -0.1) is 0 Å². The maximum Gasteiger partial charge on any atom is 0.157 e. The minimum Gasteiger partial charge on any atom is -0.373 e. The average molecular weight is 143 g/mol. The summed E-state index contributed by atoms with van der Waals surface area (Å²) in [5.74, 6) is 0. The van der Waals surface area contributed by atoms with Gasteiger partial charge in [0, 0.05) is 0 Å². The van der Waals surface area contributed by atoms with Crippen LogP contribution in [-0.2, 0) is 0 Å². The third kappa shape index (κ3) is 0.856. The number of hydrogen-bond donors (Lipinski definition) is 1. The van der Waals surface area contributed by atoms with E-state index in [1.807, 2.05) is 0 Å². The minimum absolute atomic E-state index is 0.160. The molecular formula is C7H15N2O+. The zero-order valence-corrected chi connectivity index (χ0v) is 6.45. The van der Waals surface area contributed by atoms with Gasteiger partial charge in [-0.3, -0.25) is 4.90 Å². The monoisotopic (exact) mass is 143 g/mol. The second-order valence-corrected chi connectivity index (χ2v) is 3.77. The third-order valence-electron chi connectivity index (χ3n) is 2.88. The highest BCUT2D eigenvalue weighted by atomic mass is 16.3. The summed E-state index contributed by atoms with van der Waals surface area (Å²) in [7, 11) is 2.24. The Bertz CT molecular complexity index is 141. The van der Waals surface area contributed by atoms with Crippen LogP contribution in [0.1, 0.15) is 0 Å². The highest BCUT2D eigenvalue weighted by molar-refractivity contribution is 4.72. The number of piperazine rings is 3. The second kappa shape index (κ2) is 1.94. The standard InChI is InChI=1S/C7H15N2O/c1-9-4-2-8(3-5-9)7(10)6-9/h7,10H,2-6H2,1H3/q+1. The van der Waals surface area contributed by atoms with Crippen LogP contribution < -0.4 is 0 Å². The van der Waals surface area contributed by atoms with Crippen molar-refractivity contribution in [3.05, 3.63) is 0 Å². The Morgan fingerprint density at radius 3 is 2.30 bits per heavy atom. The first kappa shape index (κ1) is 6.58. The van der Waals surface area contributed by atoms with Crippen molar-refractivity contribution in [1.82, 2.24) is 4.90 Å². The first-order valence-corrected chi connectivity index (χ1v) is 3.95. The van der Waals surface area contributed by atoms with Crippen LogP contribution in [0.5, 0.6) is 0 Å². The summed E-state index contributed by atoms with van der Waals surface area (Å²) in [6.07, 6.45) is -0.160. The Morgan fingerprint density at radius 1 is 1.40 bits per heavy atom. The largest absolute Gasteiger partial charge is 0.373 e. The molecule has 0 amide bonds. The zero-order valence-electron chi connectivity index (χ0n) is 6.45. The average Bonchev–Trinajstić information content (AvgIpc) is 1.87. The van der Waals surface area contributed by atoms with Crippen molar-refractivity contribution in [1.29, 1.82) is 0 Å². The Morgan fingerprint density at radius 2 is 2.00 bits per heavy atom. The van der Waals surface area contributed by atoms with Crippen molar-refractivity contribution in [2.75, 3.05) is 39.8 Å². The number of quaternary nitrogens is 1. The maximum absolute atomic E-state index is 9.47. The van der Waals surface area contributed by atoms with Gasteiger partial charge in [0.2, 0.25) is 0 Å². The predicted molar refractivity (Wildman–Crippen MR) is 38.4 cm³/mol. The van der Waals surface area contributed by atoms with E-state index in [0.717, 1.165) is 24.1 Å². The van der Waals surface area contributed by atoms with E-state index in [1.54, 1.807) is 0 Å². The fourth-order valence-electron chi connectivity index (χ4n) is 1.95. The van der Waals surface area contributed by atoms with Gasteiger partial charge in [-0.2, -0.15) is 0 Å². The van der Waals surface area contributed by atoms with Gasteiger partial charge in [0.25, 0.3) is 0 Å². The van der Waals surface area contributed by atoms with Crippen LogP contribution in [0.2, 0.25) is 0 Å². The van der Waals surface area contributed by atoms with E-state index in [0.29, 0.717) is 0 Å². The number of hydrogen-bond acceptors (Lipinski definition) is 2. The fourth-order valence-corrected chi connectivity index (χ4v) is 1.95. The number of rotatable bonds is 0. The van der Waals surface area contributed by atoms with Gasteiger partial charge >= 0.3 is 0 Å². The molecule has 0 saturated carbocycles. The van der Waals surface area contributed by atoms with Crippen LogP contribution in [0.15, 0.2) is 0 Å². The lowest BCUT2D eigenvalue weighted by molar-refractivity contribution is -0.930. The summed E-state index contributed by atoms with van der Waals surface area (Å²) in [6.45, 7) is 5.53. The summed E-state index contributed by atoms with van der Waals surface area (Å²) in [4.78, 5) is 2.17. The molecule has 3 nitrogen and oxygen atoms in total. The zero-order chi connectivity index (χ0) is 7.19. The van der Waals surface area contributed by atoms with E-state index in [-0.39, 0.29) is 6.23 Å². The number of nitrogens with zero attached hydrogens (tertiary/aromatic N) is 2. The molecule has 0 spiro atoms. The van der Waals surface area contributed by atoms with Crippen molar-refractivity contribution < 1.29 is 9.59 Å². The normalized spacial score (nSPS) is 53.4. The second-order valence-electron chi connectivity index (χ2n) is 3.77. The van der Waals surface area contributed by atoms with E-state index in [9.17, 15) is 5.11 Å². The molecule has 0 aliphatic carbocycles. The van der Waals surface area contributed by atoms with Crippen LogP contribution in [0, 0.1) is 0 Å². The van der Waals surface area contributed by atoms with Crippen LogP contribution in [0.25, 0.3) is 0 Å². The summed E-state index contributed by atoms with van der Waals surface area (Å²) in [6, 6.07) is 0. The minimum atomic E-state index is -0.160. The Balaban J connectivity index is 2.14. The Labute approximate surface area is 61.4 Å². The molecule has 10 heavy (non-hydrogen) atoms. The lowest BCUT2D eigenvalue weighted by Gasteiger charge is -2.50. The van der Waals surface area contributed by atoms with E-state index in [1.165, 1.54) is 13.1 Å². The SMILES string of the molecule is C[N+]12CCN(CC1)C(O)C2. The molecule has 3 saturated heterocycles. The molecule has 3 aliphatic heterocycles. The molecule has 0 aromatic carbocycles. The summed E-state index contributed by atoms with van der Waals surface area (Å²) < 4.78 is 1.08. The molecule has 3 aliphatic rings. The molecule has 1 N–H and O–H groups in total. The Kier molecular flexibility index (Phi) is 1.27. The molecule has 0 aromatic heterocycles. The van der Waals surface area contributed by atoms with Gasteiger partial charge in [0.15, 0.2) is 6.23 Å². The van der Waals surface area contributed by atoms with Crippen LogP contribution in [0.4, 0.5) is 0 Å². The van der Waals surface area contributed by atoms with Gasteiger partial charge in [-0.25, -0.2) is 0 Å². The van der Waals surface area contributed by atoms with Gasteiger partial charge in [0.05, 0.1) is 33.2 Å². The van der Waals surface area contributed by atoms with Crippen molar-refractivity contribution >= 4 is 0 Å². The molecule has 1 atom stereocenters. The van der Waals surface area contributed by atoms with Crippen molar-refractivity contribution in [3.8, 4) is 0 Å². The number of fused-ring (bicyclic) bond motifs is 3. The van der Waals surface area contributed by atoms with Gasteiger partial charge in [0.1, 0.15) is 6.54 Å². The molecule has 0 aromatic rings. The molecule has 3 fully saturated rings. The molecule has 2 bridgehead atoms. The van der Waals surface area contributed by atoms with Gasteiger partial charge in [-0.05, 0) is 0 Å². The van der Waals surface area contributed by atoms with Crippen molar-refractivity contribution in [2.45, 2.75) is 6.23 Å². The van der Waals surface area contributed by atoms with E-state index >= 15 is 0 Å². The number of likely N-dealkylation sites (N-methyl/N-ethyl adjacent to an activating group) is 1. The third-order valence-corrected chi connectivity index (χ3v) is 2.88. The van der Waals surface area contributed by atoms with E-state index in [4.69, 9.17) is 0 Å². The van der Waals surface area contributed by atoms with Gasteiger partial charge < -0.3 is 9.59 Å². The molecule has 58 valence electrons. The first-order valence-electron chi connectivity index (χ1n) is 3.95. The lowest BCUT2D eigenvalue weighted by atomic mass is 10.1. The molecular weight excluding hydrogens is 128 g/mol. The van der Waals surface area contributed by atoms with Crippen LogP contribution in [0.3, 0.4) is 0 Å². The number of aliphatic hydroxyl groups excluding tert-OH is 1. The first-order chi connectivity index (χ1) is 4.70. The van der Waals surface area contributed by atoms with Crippen LogP contribution in [-0.4, -0.2) is 60.5 Å². The highest BCUT2D eigenvalue weighted by Crippen LogP contribution is 2.19. The summed E-state index contributed by atoms with van der Waals surface area (Å²) in [5.41, 5.74) is 0. The number of aliphatic hydroxyl groups is 1. The molecule has 3 heterocycles. The smallest absolute Gasteiger partial charge is 0.157 e. The van der Waals surface area contributed by atoms with Gasteiger partial charge in [-0.1, -0.05) is 0 Å². The highest BCUT2D eigenvalue weighted by Gasteiger charge is 2.40. The van der Waals surface area contributed by atoms with Crippen LogP contribution >= 0.6 is 0 Å². The molecule has 3 rings (SSSR count). The quantitative estimate of drug-likeness (QED) is 0.443. The van der Waals surface area contributed by atoms with Crippen molar-refractivity contribution in [3.63, 3.8) is 0 Å². The summed E-state index contributed by atoms with van der Waals surface area (Å²) >= 11 is 0. The van der Waals surface area contributed by atoms with E-state index in [2.05, 4.69) is 11.9 Å². The predicted octanol–water partition coefficient (Wildman–Crippen LogP) is -0.919. The maximum atomic E-state index is 9.47. The molecule has 0 radical (unpaired) electrons. The molecule has 1 unspecified atom stereocenters. The fraction of sp³-hybridized carbons (Fsp3) is 1.00.